The summed E-state index contributed by atoms with van der Waals surface area (Å²) in [5, 5.41) is 10.2. The molecule has 1 N–H and O–H groups in total. The van der Waals surface area contributed by atoms with E-state index in [2.05, 4.69) is 26.0 Å². The van der Waals surface area contributed by atoms with Gasteiger partial charge < -0.3 is 5.11 Å². The van der Waals surface area contributed by atoms with Crippen LogP contribution in [0.25, 0.3) is 22.2 Å². The highest BCUT2D eigenvalue weighted by atomic mass is 16.4. The lowest BCUT2D eigenvalue weighted by Crippen LogP contribution is -2.01. The van der Waals surface area contributed by atoms with Crippen LogP contribution in [0.1, 0.15) is 41.3 Å². The molecule has 0 amide bonds. The second kappa shape index (κ2) is 5.84. The number of aromatic carboxylic acids is 1. The summed E-state index contributed by atoms with van der Waals surface area (Å²) in [4.78, 5) is 16.3. The van der Waals surface area contributed by atoms with Gasteiger partial charge in [0.25, 0.3) is 0 Å². The van der Waals surface area contributed by atoms with Gasteiger partial charge in [-0.25, -0.2) is 9.78 Å². The van der Waals surface area contributed by atoms with Crippen molar-refractivity contribution in [2.45, 2.75) is 26.7 Å². The molecular formula is C20H19NO2. The Morgan fingerprint density at radius 1 is 1.09 bits per heavy atom. The molecule has 23 heavy (non-hydrogen) atoms. The average molecular weight is 305 g/mol. The summed E-state index contributed by atoms with van der Waals surface area (Å²) >= 11 is 0. The summed E-state index contributed by atoms with van der Waals surface area (Å²) in [6.07, 6.45) is 0. The number of benzene rings is 2. The minimum absolute atomic E-state index is 0.293. The van der Waals surface area contributed by atoms with E-state index in [4.69, 9.17) is 4.98 Å². The summed E-state index contributed by atoms with van der Waals surface area (Å²) < 4.78 is 0. The number of aromatic nitrogens is 1. The van der Waals surface area contributed by atoms with Crippen molar-refractivity contribution in [2.24, 2.45) is 0 Å². The van der Waals surface area contributed by atoms with Gasteiger partial charge >= 0.3 is 5.97 Å². The molecule has 1 heterocycles. The maximum atomic E-state index is 11.6. The van der Waals surface area contributed by atoms with Crippen LogP contribution in [0.5, 0.6) is 0 Å². The lowest BCUT2D eigenvalue weighted by Gasteiger charge is -2.10. The predicted octanol–water partition coefficient (Wildman–Crippen LogP) is 5.03. The summed E-state index contributed by atoms with van der Waals surface area (Å²) in [7, 11) is 0. The van der Waals surface area contributed by atoms with Crippen LogP contribution in [0.15, 0.2) is 48.5 Å². The molecule has 0 aliphatic rings. The van der Waals surface area contributed by atoms with Gasteiger partial charge in [-0.1, -0.05) is 56.3 Å². The number of nitrogens with zero attached hydrogens (tertiary/aromatic N) is 1. The Labute approximate surface area is 135 Å². The summed E-state index contributed by atoms with van der Waals surface area (Å²) in [5.41, 5.74) is 4.90. The second-order valence-corrected chi connectivity index (χ2v) is 6.11. The zero-order chi connectivity index (χ0) is 16.6. The van der Waals surface area contributed by atoms with Crippen molar-refractivity contribution < 1.29 is 9.90 Å². The van der Waals surface area contributed by atoms with E-state index in [-0.39, 0.29) is 0 Å². The number of carboxylic acids is 1. The number of aryl methyl sites for hydroxylation is 1. The molecule has 0 saturated carbocycles. The quantitative estimate of drug-likeness (QED) is 0.738. The fraction of sp³-hybridized carbons (Fsp3) is 0.200. The molecule has 3 heteroatoms. The van der Waals surface area contributed by atoms with E-state index in [1.807, 2.05) is 37.3 Å². The van der Waals surface area contributed by atoms with E-state index in [0.717, 1.165) is 16.6 Å². The first kappa shape index (κ1) is 15.2. The van der Waals surface area contributed by atoms with E-state index in [1.165, 1.54) is 5.56 Å². The molecule has 0 aliphatic heterocycles. The molecule has 1 aromatic heterocycles. The Morgan fingerprint density at radius 3 is 2.39 bits per heavy atom. The Kier molecular flexibility index (Phi) is 3.87. The highest BCUT2D eigenvalue weighted by Crippen LogP contribution is 2.27. The summed E-state index contributed by atoms with van der Waals surface area (Å²) in [6.45, 7) is 6.25. The van der Waals surface area contributed by atoms with Crippen molar-refractivity contribution in [3.05, 3.63) is 65.2 Å². The maximum absolute atomic E-state index is 11.6. The smallest absolute Gasteiger partial charge is 0.336 e. The molecule has 0 aliphatic carbocycles. The van der Waals surface area contributed by atoms with Crippen LogP contribution in [-0.2, 0) is 0 Å². The Morgan fingerprint density at radius 2 is 1.78 bits per heavy atom. The lowest BCUT2D eigenvalue weighted by molar-refractivity contribution is 0.0699. The van der Waals surface area contributed by atoms with Gasteiger partial charge in [-0.3, -0.25) is 0 Å². The van der Waals surface area contributed by atoms with Gasteiger partial charge in [-0.15, -0.1) is 0 Å². The zero-order valence-electron chi connectivity index (χ0n) is 13.5. The first-order valence-corrected chi connectivity index (χ1v) is 7.71. The van der Waals surface area contributed by atoms with Crippen LogP contribution in [0.3, 0.4) is 0 Å². The molecule has 0 unspecified atom stereocenters. The number of para-hydroxylation sites is 1. The molecule has 116 valence electrons. The van der Waals surface area contributed by atoms with Gasteiger partial charge in [0.1, 0.15) is 0 Å². The van der Waals surface area contributed by atoms with Crippen LogP contribution in [0.4, 0.5) is 0 Å². The molecule has 0 spiro atoms. The molecule has 0 radical (unpaired) electrons. The van der Waals surface area contributed by atoms with Crippen LogP contribution >= 0.6 is 0 Å². The third kappa shape index (κ3) is 2.82. The van der Waals surface area contributed by atoms with Crippen LogP contribution in [0, 0.1) is 6.92 Å². The zero-order valence-corrected chi connectivity index (χ0v) is 13.5. The molecule has 0 saturated heterocycles. The highest BCUT2D eigenvalue weighted by molar-refractivity contribution is 6.04. The van der Waals surface area contributed by atoms with E-state index in [1.54, 1.807) is 6.07 Å². The Hall–Kier alpha value is -2.68. The maximum Gasteiger partial charge on any atom is 0.336 e. The van der Waals surface area contributed by atoms with E-state index >= 15 is 0 Å². The summed E-state index contributed by atoms with van der Waals surface area (Å²) in [5.74, 6) is -0.464. The molecule has 0 fully saturated rings. The van der Waals surface area contributed by atoms with E-state index in [9.17, 15) is 9.90 Å². The number of pyridine rings is 1. The normalized spacial score (nSPS) is 11.1. The number of fused-ring (bicyclic) bond motifs is 1. The van der Waals surface area contributed by atoms with Gasteiger partial charge in [-0.05, 0) is 30.0 Å². The average Bonchev–Trinajstić information content (AvgIpc) is 2.54. The molecule has 3 rings (SSSR count). The van der Waals surface area contributed by atoms with Gasteiger partial charge in [0.15, 0.2) is 0 Å². The van der Waals surface area contributed by atoms with Gasteiger partial charge in [0, 0.05) is 10.9 Å². The van der Waals surface area contributed by atoms with Crippen molar-refractivity contribution >= 4 is 16.9 Å². The minimum Gasteiger partial charge on any atom is -0.478 e. The molecule has 3 nitrogen and oxygen atoms in total. The fourth-order valence-corrected chi connectivity index (χ4v) is 2.76. The topological polar surface area (TPSA) is 50.2 Å². The SMILES string of the molecule is Cc1cccc2c(C(=O)O)cc(-c3ccc(C(C)C)cc3)nc12. The van der Waals surface area contributed by atoms with Crippen LogP contribution in [0.2, 0.25) is 0 Å². The van der Waals surface area contributed by atoms with Crippen molar-refractivity contribution in [3.63, 3.8) is 0 Å². The second-order valence-electron chi connectivity index (χ2n) is 6.11. The number of hydrogen-bond acceptors (Lipinski definition) is 2. The fourth-order valence-electron chi connectivity index (χ4n) is 2.76. The predicted molar refractivity (Wildman–Crippen MR) is 93.0 cm³/mol. The molecule has 0 bridgehead atoms. The van der Waals surface area contributed by atoms with Crippen molar-refractivity contribution in [1.82, 2.24) is 4.98 Å². The van der Waals surface area contributed by atoms with Gasteiger partial charge in [0.05, 0.1) is 16.8 Å². The van der Waals surface area contributed by atoms with E-state index in [0.29, 0.717) is 22.6 Å². The standard InChI is InChI=1S/C20H19NO2/c1-12(2)14-7-9-15(10-8-14)18-11-17(20(22)23)16-6-4-5-13(3)19(16)21-18/h4-12H,1-3H3,(H,22,23). The van der Waals surface area contributed by atoms with Gasteiger partial charge in [-0.2, -0.15) is 0 Å². The number of carboxylic acid groups (broad SMARTS) is 1. The minimum atomic E-state index is -0.928. The third-order valence-corrected chi connectivity index (χ3v) is 4.14. The molecular weight excluding hydrogens is 286 g/mol. The lowest BCUT2D eigenvalue weighted by atomic mass is 9.99. The van der Waals surface area contributed by atoms with Gasteiger partial charge in [0.2, 0.25) is 0 Å². The number of hydrogen-bond donors (Lipinski definition) is 1. The van der Waals surface area contributed by atoms with Crippen LogP contribution < -0.4 is 0 Å². The summed E-state index contributed by atoms with van der Waals surface area (Å²) in [6, 6.07) is 15.4. The Balaban J connectivity index is 2.21. The molecule has 0 atom stereocenters. The first-order chi connectivity index (χ1) is 11.0. The largest absolute Gasteiger partial charge is 0.478 e. The van der Waals surface area contributed by atoms with Crippen LogP contribution in [-0.4, -0.2) is 16.1 Å². The van der Waals surface area contributed by atoms with Crippen molar-refractivity contribution in [3.8, 4) is 11.3 Å². The molecule has 3 aromatic rings. The molecule has 2 aromatic carbocycles. The first-order valence-electron chi connectivity index (χ1n) is 7.71. The Bertz CT molecular complexity index is 880. The van der Waals surface area contributed by atoms with Crippen molar-refractivity contribution in [1.29, 1.82) is 0 Å². The third-order valence-electron chi connectivity index (χ3n) is 4.14. The van der Waals surface area contributed by atoms with E-state index < -0.39 is 5.97 Å². The number of carbonyl (C=O) groups is 1. The monoisotopic (exact) mass is 305 g/mol. The number of rotatable bonds is 3. The van der Waals surface area contributed by atoms with Crippen molar-refractivity contribution in [2.75, 3.05) is 0 Å². The highest BCUT2D eigenvalue weighted by Gasteiger charge is 2.14.